The standard InChI is InChI=1S/C23H18ClN3O2/c1-15(19-9-5-6-10-20(19)24)25-21(28)16-11-13-18(14-12-16)23-27-26-22(29-23)17-7-3-2-4-8-17/h2-15H,1H3,(H,25,28)/t15-/m0/s1. The van der Waals surface area contributed by atoms with Crippen molar-refractivity contribution in [3.05, 3.63) is 95.0 Å². The molecule has 0 aliphatic carbocycles. The average molecular weight is 404 g/mol. The molecule has 29 heavy (non-hydrogen) atoms. The Hall–Kier alpha value is -3.44. The third-order valence-electron chi connectivity index (χ3n) is 4.56. The minimum absolute atomic E-state index is 0.181. The van der Waals surface area contributed by atoms with Gasteiger partial charge in [0.2, 0.25) is 11.8 Å². The Morgan fingerprint density at radius 1 is 0.862 bits per heavy atom. The van der Waals surface area contributed by atoms with Crippen LogP contribution in [0, 0.1) is 0 Å². The Morgan fingerprint density at radius 3 is 2.10 bits per heavy atom. The Balaban J connectivity index is 1.47. The second kappa shape index (κ2) is 8.29. The van der Waals surface area contributed by atoms with Crippen LogP contribution in [0.3, 0.4) is 0 Å². The van der Waals surface area contributed by atoms with Gasteiger partial charge < -0.3 is 9.73 Å². The highest BCUT2D eigenvalue weighted by molar-refractivity contribution is 6.31. The number of aromatic nitrogens is 2. The normalized spacial score (nSPS) is 11.8. The Kier molecular flexibility index (Phi) is 5.40. The molecule has 1 heterocycles. The summed E-state index contributed by atoms with van der Waals surface area (Å²) in [6.07, 6.45) is 0. The molecule has 1 amide bonds. The van der Waals surface area contributed by atoms with Gasteiger partial charge in [0, 0.05) is 21.7 Å². The largest absolute Gasteiger partial charge is 0.416 e. The zero-order valence-electron chi connectivity index (χ0n) is 15.7. The minimum atomic E-state index is -0.208. The van der Waals surface area contributed by atoms with Gasteiger partial charge in [-0.1, -0.05) is 48.0 Å². The summed E-state index contributed by atoms with van der Waals surface area (Å²) in [6.45, 7) is 1.90. The van der Waals surface area contributed by atoms with Crippen LogP contribution < -0.4 is 5.32 Å². The molecule has 1 N–H and O–H groups in total. The number of amides is 1. The van der Waals surface area contributed by atoms with Crippen LogP contribution in [0.25, 0.3) is 22.9 Å². The third-order valence-corrected chi connectivity index (χ3v) is 4.90. The van der Waals surface area contributed by atoms with E-state index in [0.717, 1.165) is 16.7 Å². The lowest BCUT2D eigenvalue weighted by Gasteiger charge is -2.15. The van der Waals surface area contributed by atoms with Crippen LogP contribution in [0.5, 0.6) is 0 Å². The molecule has 1 aromatic heterocycles. The monoisotopic (exact) mass is 403 g/mol. The zero-order valence-corrected chi connectivity index (χ0v) is 16.4. The van der Waals surface area contributed by atoms with Crippen molar-refractivity contribution < 1.29 is 9.21 Å². The lowest BCUT2D eigenvalue weighted by molar-refractivity contribution is 0.0940. The fourth-order valence-corrected chi connectivity index (χ4v) is 3.28. The van der Waals surface area contributed by atoms with E-state index in [0.29, 0.717) is 22.4 Å². The lowest BCUT2D eigenvalue weighted by atomic mass is 10.1. The first-order valence-corrected chi connectivity index (χ1v) is 9.54. The molecule has 1 atom stereocenters. The molecular weight excluding hydrogens is 386 g/mol. The number of halogens is 1. The van der Waals surface area contributed by atoms with Crippen LogP contribution >= 0.6 is 11.6 Å². The van der Waals surface area contributed by atoms with E-state index in [-0.39, 0.29) is 11.9 Å². The van der Waals surface area contributed by atoms with E-state index < -0.39 is 0 Å². The molecule has 0 aliphatic rings. The van der Waals surface area contributed by atoms with Crippen molar-refractivity contribution in [2.24, 2.45) is 0 Å². The molecule has 0 spiro atoms. The van der Waals surface area contributed by atoms with Gasteiger partial charge in [-0.3, -0.25) is 4.79 Å². The van der Waals surface area contributed by atoms with Crippen molar-refractivity contribution in [1.29, 1.82) is 0 Å². The SMILES string of the molecule is C[C@H](NC(=O)c1ccc(-c2nnc(-c3ccccc3)o2)cc1)c1ccccc1Cl. The lowest BCUT2D eigenvalue weighted by Crippen LogP contribution is -2.26. The second-order valence-electron chi connectivity index (χ2n) is 6.57. The van der Waals surface area contributed by atoms with Crippen molar-refractivity contribution in [1.82, 2.24) is 15.5 Å². The molecule has 4 aromatic rings. The van der Waals surface area contributed by atoms with Crippen LogP contribution in [0.15, 0.2) is 83.3 Å². The van der Waals surface area contributed by atoms with Crippen molar-refractivity contribution >= 4 is 17.5 Å². The molecule has 0 saturated heterocycles. The summed E-state index contributed by atoms with van der Waals surface area (Å²) >= 11 is 6.21. The van der Waals surface area contributed by atoms with E-state index in [1.54, 1.807) is 24.3 Å². The van der Waals surface area contributed by atoms with E-state index in [1.807, 2.05) is 61.5 Å². The zero-order chi connectivity index (χ0) is 20.2. The molecule has 0 unspecified atom stereocenters. The minimum Gasteiger partial charge on any atom is -0.416 e. The molecule has 0 aliphatic heterocycles. The Morgan fingerprint density at radius 2 is 1.45 bits per heavy atom. The summed E-state index contributed by atoms with van der Waals surface area (Å²) in [7, 11) is 0. The molecule has 144 valence electrons. The summed E-state index contributed by atoms with van der Waals surface area (Å²) < 4.78 is 5.75. The average Bonchev–Trinajstić information content (AvgIpc) is 3.25. The molecule has 0 fully saturated rings. The van der Waals surface area contributed by atoms with Gasteiger partial charge in [-0.2, -0.15) is 0 Å². The van der Waals surface area contributed by atoms with Gasteiger partial charge in [0.15, 0.2) is 0 Å². The van der Waals surface area contributed by atoms with Gasteiger partial charge in [0.05, 0.1) is 6.04 Å². The fraction of sp³-hybridized carbons (Fsp3) is 0.0870. The number of carbonyl (C=O) groups excluding carboxylic acids is 1. The predicted molar refractivity (Wildman–Crippen MR) is 113 cm³/mol. The molecule has 6 heteroatoms. The van der Waals surface area contributed by atoms with E-state index in [1.165, 1.54) is 0 Å². The van der Waals surface area contributed by atoms with Crippen LogP contribution in [0.4, 0.5) is 0 Å². The first-order valence-electron chi connectivity index (χ1n) is 9.16. The van der Waals surface area contributed by atoms with Crippen LogP contribution in [0.2, 0.25) is 5.02 Å². The van der Waals surface area contributed by atoms with Gasteiger partial charge in [-0.05, 0) is 55.0 Å². The van der Waals surface area contributed by atoms with Gasteiger partial charge in [-0.15, -0.1) is 10.2 Å². The van der Waals surface area contributed by atoms with Gasteiger partial charge in [0.1, 0.15) is 0 Å². The van der Waals surface area contributed by atoms with E-state index >= 15 is 0 Å². The highest BCUT2D eigenvalue weighted by Crippen LogP contribution is 2.25. The van der Waals surface area contributed by atoms with Gasteiger partial charge in [0.25, 0.3) is 5.91 Å². The summed E-state index contributed by atoms with van der Waals surface area (Å²) in [4.78, 5) is 12.6. The maximum atomic E-state index is 12.6. The third kappa shape index (κ3) is 4.20. The van der Waals surface area contributed by atoms with Crippen molar-refractivity contribution in [3.8, 4) is 22.9 Å². The first kappa shape index (κ1) is 18.9. The smallest absolute Gasteiger partial charge is 0.251 e. The summed E-state index contributed by atoms with van der Waals surface area (Å²) in [5.41, 5.74) is 3.01. The molecule has 4 rings (SSSR count). The number of hydrogen-bond acceptors (Lipinski definition) is 4. The molecule has 0 radical (unpaired) electrons. The van der Waals surface area contributed by atoms with Gasteiger partial charge >= 0.3 is 0 Å². The first-order chi connectivity index (χ1) is 14.1. The summed E-state index contributed by atoms with van der Waals surface area (Å²) in [5, 5.41) is 11.8. The molecule has 0 bridgehead atoms. The van der Waals surface area contributed by atoms with Crippen LogP contribution in [0.1, 0.15) is 28.9 Å². The fourth-order valence-electron chi connectivity index (χ4n) is 2.99. The number of rotatable bonds is 5. The molecule has 3 aromatic carbocycles. The Bertz CT molecular complexity index is 1120. The highest BCUT2D eigenvalue weighted by atomic mass is 35.5. The highest BCUT2D eigenvalue weighted by Gasteiger charge is 2.15. The van der Waals surface area contributed by atoms with Crippen LogP contribution in [-0.2, 0) is 0 Å². The number of nitrogens with one attached hydrogen (secondary N) is 1. The van der Waals surface area contributed by atoms with E-state index in [4.69, 9.17) is 16.0 Å². The maximum Gasteiger partial charge on any atom is 0.251 e. The summed E-state index contributed by atoms with van der Waals surface area (Å²) in [5.74, 6) is 0.677. The number of hydrogen-bond donors (Lipinski definition) is 1. The number of nitrogens with zero attached hydrogens (tertiary/aromatic N) is 2. The molecule has 0 saturated carbocycles. The van der Waals surface area contributed by atoms with Crippen LogP contribution in [-0.4, -0.2) is 16.1 Å². The maximum absolute atomic E-state index is 12.6. The van der Waals surface area contributed by atoms with E-state index in [2.05, 4.69) is 15.5 Å². The second-order valence-corrected chi connectivity index (χ2v) is 6.98. The predicted octanol–water partition coefficient (Wildman–Crippen LogP) is 5.55. The van der Waals surface area contributed by atoms with Crippen molar-refractivity contribution in [2.75, 3.05) is 0 Å². The number of benzene rings is 3. The summed E-state index contributed by atoms with van der Waals surface area (Å²) in [6, 6.07) is 23.9. The molecular formula is C23H18ClN3O2. The number of carbonyl (C=O) groups is 1. The van der Waals surface area contributed by atoms with Crippen molar-refractivity contribution in [3.63, 3.8) is 0 Å². The quantitative estimate of drug-likeness (QED) is 0.474. The molecule has 5 nitrogen and oxygen atoms in total. The topological polar surface area (TPSA) is 68.0 Å². The van der Waals surface area contributed by atoms with Gasteiger partial charge in [-0.25, -0.2) is 0 Å². The Labute approximate surface area is 173 Å². The van der Waals surface area contributed by atoms with E-state index in [9.17, 15) is 4.79 Å². The van der Waals surface area contributed by atoms with Crippen molar-refractivity contribution in [2.45, 2.75) is 13.0 Å².